The maximum absolute atomic E-state index is 5.71. The molecule has 0 unspecified atom stereocenters. The minimum atomic E-state index is -0.812. The average Bonchev–Trinajstić information content (AvgIpc) is 2.08. The third-order valence-corrected chi connectivity index (χ3v) is 4.19. The van der Waals surface area contributed by atoms with Crippen molar-refractivity contribution >= 4 is 88.9 Å². The van der Waals surface area contributed by atoms with E-state index >= 15 is 0 Å². The van der Waals surface area contributed by atoms with Gasteiger partial charge < -0.3 is 0 Å². The van der Waals surface area contributed by atoms with Crippen LogP contribution in [-0.4, -0.2) is 31.9 Å². The molecule has 12 heavy (non-hydrogen) atoms. The largest absolute Gasteiger partial charge is 0.429 e. The van der Waals surface area contributed by atoms with Crippen molar-refractivity contribution in [3.05, 3.63) is 0 Å². The van der Waals surface area contributed by atoms with Gasteiger partial charge in [0.15, 0.2) is 0 Å². The van der Waals surface area contributed by atoms with Crippen molar-refractivity contribution in [2.45, 2.75) is 0 Å². The third kappa shape index (κ3) is 2.07. The molecule has 1 aliphatic heterocycles. The van der Waals surface area contributed by atoms with Gasteiger partial charge in [0.1, 0.15) is 0 Å². The van der Waals surface area contributed by atoms with Gasteiger partial charge in [-0.1, -0.05) is 0 Å². The van der Waals surface area contributed by atoms with Crippen LogP contribution in [0.1, 0.15) is 0 Å². The van der Waals surface area contributed by atoms with Crippen molar-refractivity contribution in [2.75, 3.05) is 0 Å². The Morgan fingerprint density at radius 1 is 0.583 bits per heavy atom. The highest BCUT2D eigenvalue weighted by Gasteiger charge is 2.51. The summed E-state index contributed by atoms with van der Waals surface area (Å²) in [7, 11) is 0. The molecule has 0 aromatic rings. The Balaban J connectivity index is 2.76. The second-order valence-corrected chi connectivity index (χ2v) is 4.31. The van der Waals surface area contributed by atoms with Crippen LogP contribution in [-0.2, 0) is 0 Å². The number of rotatable bonds is 0. The van der Waals surface area contributed by atoms with E-state index in [1.54, 1.807) is 0 Å². The minimum absolute atomic E-state index is 0.812. The van der Waals surface area contributed by atoms with Gasteiger partial charge >= 0.3 is 19.2 Å². The number of halogens is 6. The lowest BCUT2D eigenvalue weighted by Crippen LogP contribution is -2.65. The molecule has 1 aliphatic rings. The van der Waals surface area contributed by atoms with E-state index in [0.717, 1.165) is 12.7 Å². The van der Waals surface area contributed by atoms with Crippen molar-refractivity contribution in [1.29, 1.82) is 0 Å². The lowest BCUT2D eigenvalue weighted by Gasteiger charge is -2.37. The maximum Gasteiger partial charge on any atom is 0.429 e. The lowest BCUT2D eigenvalue weighted by atomic mass is 9.81. The summed E-state index contributed by atoms with van der Waals surface area (Å²) in [6.45, 7) is 0. The highest BCUT2D eigenvalue weighted by Crippen LogP contribution is 2.29. The summed E-state index contributed by atoms with van der Waals surface area (Å²) >= 11 is 34.0. The van der Waals surface area contributed by atoms with Gasteiger partial charge in [0.05, 0.1) is 0 Å². The molecule has 0 atom stereocenters. The van der Waals surface area contributed by atoms with Crippen LogP contribution in [0.4, 0.5) is 0 Å². The molecule has 0 aromatic carbocycles. The van der Waals surface area contributed by atoms with E-state index < -0.39 is 19.2 Å². The monoisotopic (exact) mass is 285 g/mol. The quantitative estimate of drug-likeness (QED) is 0.498. The Morgan fingerprint density at radius 2 is 0.750 bits per heavy atom. The lowest BCUT2D eigenvalue weighted by molar-refractivity contribution is 0.801. The molecule has 0 saturated carbocycles. The van der Waals surface area contributed by atoms with E-state index in [0.29, 0.717) is 0 Å². The molecule has 0 bridgehead atoms. The number of hydrogen-bond acceptors (Lipinski definition) is 3. The van der Waals surface area contributed by atoms with E-state index in [2.05, 4.69) is 0 Å². The molecule has 1 rings (SSSR count). The van der Waals surface area contributed by atoms with Gasteiger partial charge in [0, 0.05) is 0 Å². The summed E-state index contributed by atoms with van der Waals surface area (Å²) in [5, 5.41) is 0. The molecule has 3 nitrogen and oxygen atoms in total. The molecule has 1 saturated heterocycles. The van der Waals surface area contributed by atoms with Crippen molar-refractivity contribution in [3.63, 3.8) is 0 Å². The van der Waals surface area contributed by atoms with Crippen molar-refractivity contribution in [1.82, 2.24) is 12.7 Å². The topological polar surface area (TPSA) is 9.72 Å². The van der Waals surface area contributed by atoms with E-state index in [1.807, 2.05) is 0 Å². The standard InChI is InChI=1S/B3Cl6N3/c4-1-10(7)2(5)12(9)3(6)11(1)8. The molecule has 0 amide bonds. The zero-order valence-corrected chi connectivity index (χ0v) is 9.88. The first-order chi connectivity index (χ1) is 5.46. The second kappa shape index (κ2) is 4.56. The van der Waals surface area contributed by atoms with E-state index in [-0.39, 0.29) is 0 Å². The van der Waals surface area contributed by atoms with Gasteiger partial charge in [0.2, 0.25) is 0 Å². The zero-order valence-electron chi connectivity index (χ0n) is 5.34. The smallest absolute Gasteiger partial charge is 0.238 e. The molecule has 12 heteroatoms. The first-order valence-electron chi connectivity index (χ1n) is 2.71. The summed E-state index contributed by atoms with van der Waals surface area (Å²) in [5.74, 6) is 0. The molecule has 0 radical (unpaired) electrons. The number of hydrogen-bond donors (Lipinski definition) is 0. The van der Waals surface area contributed by atoms with Crippen LogP contribution in [0.5, 0.6) is 0 Å². The van der Waals surface area contributed by atoms with Gasteiger partial charge in [-0.25, -0.2) is 12.7 Å². The first kappa shape index (κ1) is 11.9. The highest BCUT2D eigenvalue weighted by molar-refractivity contribution is 7.30. The van der Waals surface area contributed by atoms with Gasteiger partial charge in [-0.05, 0) is 35.3 Å². The van der Waals surface area contributed by atoms with Crippen LogP contribution in [0.15, 0.2) is 0 Å². The van der Waals surface area contributed by atoms with Crippen LogP contribution in [0, 0.1) is 0 Å². The summed E-state index contributed by atoms with van der Waals surface area (Å²) < 4.78 is 3.09. The fourth-order valence-corrected chi connectivity index (χ4v) is 2.13. The van der Waals surface area contributed by atoms with Crippen LogP contribution in [0.2, 0.25) is 0 Å². The van der Waals surface area contributed by atoms with E-state index in [1.165, 1.54) is 0 Å². The zero-order chi connectivity index (χ0) is 9.46. The molecule has 0 N–H and O–H groups in total. The molecular weight excluding hydrogens is 287 g/mol. The van der Waals surface area contributed by atoms with Crippen LogP contribution in [0.25, 0.3) is 0 Å². The van der Waals surface area contributed by atoms with E-state index in [4.69, 9.17) is 69.7 Å². The third-order valence-electron chi connectivity index (χ3n) is 1.22. The predicted molar refractivity (Wildman–Crippen MR) is 57.9 cm³/mol. The Bertz CT molecular complexity index is 110. The van der Waals surface area contributed by atoms with E-state index in [9.17, 15) is 0 Å². The summed E-state index contributed by atoms with van der Waals surface area (Å²) in [6, 6.07) is 0. The maximum atomic E-state index is 5.71. The van der Waals surface area contributed by atoms with Gasteiger partial charge in [0.25, 0.3) is 0 Å². The van der Waals surface area contributed by atoms with Gasteiger partial charge in [-0.3, -0.25) is 0 Å². The van der Waals surface area contributed by atoms with Crippen molar-refractivity contribution < 1.29 is 0 Å². The average molecular weight is 287 g/mol. The molecule has 66 valence electrons. The van der Waals surface area contributed by atoms with Crippen LogP contribution in [0.3, 0.4) is 0 Å². The molecule has 0 aliphatic carbocycles. The summed E-state index contributed by atoms with van der Waals surface area (Å²) in [4.78, 5) is 0. The molecule has 0 aromatic heterocycles. The SMILES string of the molecule is ClB1N(Cl)B(Cl)N(Cl)B(Cl)N1Cl. The molecule has 0 spiro atoms. The van der Waals surface area contributed by atoms with Crippen molar-refractivity contribution in [2.24, 2.45) is 0 Å². The van der Waals surface area contributed by atoms with Crippen LogP contribution < -0.4 is 0 Å². The summed E-state index contributed by atoms with van der Waals surface area (Å²) in [5.41, 5.74) is 0. The molecule has 1 heterocycles. The Kier molecular flexibility index (Phi) is 4.51. The fraction of sp³-hybridized carbons (Fsp3) is 0. The van der Waals surface area contributed by atoms with Crippen molar-refractivity contribution in [3.8, 4) is 0 Å². The molecule has 1 fully saturated rings. The highest BCUT2D eigenvalue weighted by atomic mass is 35.5. The van der Waals surface area contributed by atoms with Crippen LogP contribution >= 0.6 is 69.7 Å². The Hall–Kier alpha value is 1.81. The minimum Gasteiger partial charge on any atom is -0.238 e. The molecular formula is B3Cl6N3. The second-order valence-electron chi connectivity index (χ2n) is 1.96. The summed E-state index contributed by atoms with van der Waals surface area (Å²) in [6.07, 6.45) is -2.44. The first-order valence-corrected chi connectivity index (χ1v) is 5.03. The fourth-order valence-electron chi connectivity index (χ4n) is 0.621. The van der Waals surface area contributed by atoms with Gasteiger partial charge in [-0.15, -0.1) is 34.4 Å². The number of nitrogens with zero attached hydrogens (tertiary/aromatic N) is 3. The Labute approximate surface area is 101 Å². The Morgan fingerprint density at radius 3 is 0.917 bits per heavy atom. The normalized spacial score (nSPS) is 24.0. The predicted octanol–water partition coefficient (Wildman–Crippen LogP) is 2.04. The van der Waals surface area contributed by atoms with Gasteiger partial charge in [-0.2, -0.15) is 0 Å².